The van der Waals surface area contributed by atoms with E-state index >= 15 is 0 Å². The number of benzene rings is 8. The highest BCUT2D eigenvalue weighted by molar-refractivity contribution is 6.19. The molecule has 3 heteroatoms. The van der Waals surface area contributed by atoms with Crippen LogP contribution in [0.4, 0.5) is 0 Å². The molecule has 2 aromatic heterocycles. The third-order valence-corrected chi connectivity index (χ3v) is 10.0. The molecule has 242 valence electrons. The third kappa shape index (κ3) is 5.19. The molecular weight excluding hydrogens is 631 g/mol. The summed E-state index contributed by atoms with van der Waals surface area (Å²) >= 11 is 0. The number of fused-ring (bicyclic) bond motifs is 5. The lowest BCUT2D eigenvalue weighted by atomic mass is 9.91. The fraction of sp³-hybridized carbons (Fsp3) is 0. The van der Waals surface area contributed by atoms with E-state index in [4.69, 9.17) is 15.0 Å². The topological polar surface area (TPSA) is 38.7 Å². The number of hydrogen-bond acceptors (Lipinski definition) is 3. The van der Waals surface area contributed by atoms with Gasteiger partial charge in [-0.3, -0.25) is 0 Å². The Morgan fingerprint density at radius 2 is 0.865 bits per heavy atom. The molecule has 0 spiro atoms. The second kappa shape index (κ2) is 12.4. The molecule has 10 aromatic rings. The zero-order chi connectivity index (χ0) is 34.4. The van der Waals surface area contributed by atoms with E-state index in [-0.39, 0.29) is 0 Å². The van der Waals surface area contributed by atoms with Gasteiger partial charge in [0, 0.05) is 38.4 Å². The number of aromatic nitrogens is 3. The van der Waals surface area contributed by atoms with Crippen molar-refractivity contribution in [3.8, 4) is 56.3 Å². The van der Waals surface area contributed by atoms with Crippen molar-refractivity contribution in [1.29, 1.82) is 0 Å². The summed E-state index contributed by atoms with van der Waals surface area (Å²) in [5.74, 6) is 0.678. The summed E-state index contributed by atoms with van der Waals surface area (Å²) in [5.41, 5.74) is 9.95. The summed E-state index contributed by atoms with van der Waals surface area (Å²) in [6.07, 6.45) is 0. The quantitative estimate of drug-likeness (QED) is 0.172. The molecule has 0 saturated heterocycles. The van der Waals surface area contributed by atoms with Crippen LogP contribution >= 0.6 is 0 Å². The summed E-state index contributed by atoms with van der Waals surface area (Å²) < 4.78 is 0. The predicted octanol–water partition coefficient (Wildman–Crippen LogP) is 12.8. The molecule has 10 rings (SSSR count). The normalized spacial score (nSPS) is 11.5. The average molecular weight is 662 g/mol. The van der Waals surface area contributed by atoms with E-state index in [2.05, 4.69) is 188 Å². The predicted molar refractivity (Wildman–Crippen MR) is 217 cm³/mol. The Bertz CT molecular complexity index is 2850. The van der Waals surface area contributed by atoms with E-state index in [1.54, 1.807) is 0 Å². The monoisotopic (exact) mass is 661 g/mol. The van der Waals surface area contributed by atoms with Crippen molar-refractivity contribution in [3.05, 3.63) is 188 Å². The number of pyridine rings is 1. The van der Waals surface area contributed by atoms with Crippen LogP contribution in [-0.2, 0) is 0 Å². The first-order chi connectivity index (χ1) is 25.8. The minimum Gasteiger partial charge on any atom is -0.246 e. The number of rotatable bonds is 5. The van der Waals surface area contributed by atoms with E-state index in [1.807, 2.05) is 0 Å². The lowest BCUT2D eigenvalue weighted by Gasteiger charge is -2.17. The first-order valence-electron chi connectivity index (χ1n) is 17.6. The average Bonchev–Trinajstić information content (AvgIpc) is 3.23. The third-order valence-electron chi connectivity index (χ3n) is 10.0. The van der Waals surface area contributed by atoms with Gasteiger partial charge < -0.3 is 0 Å². The summed E-state index contributed by atoms with van der Waals surface area (Å²) in [4.78, 5) is 16.1. The summed E-state index contributed by atoms with van der Waals surface area (Å²) in [6, 6.07) is 66.2. The summed E-state index contributed by atoms with van der Waals surface area (Å²) in [6.45, 7) is 0. The van der Waals surface area contributed by atoms with E-state index in [0.717, 1.165) is 61.0 Å². The van der Waals surface area contributed by atoms with E-state index in [0.29, 0.717) is 5.82 Å². The molecule has 0 bridgehead atoms. The van der Waals surface area contributed by atoms with Crippen molar-refractivity contribution < 1.29 is 0 Å². The Hall–Kier alpha value is -6.97. The van der Waals surface area contributed by atoms with Crippen LogP contribution in [0.3, 0.4) is 0 Å². The van der Waals surface area contributed by atoms with Crippen LogP contribution < -0.4 is 0 Å². The van der Waals surface area contributed by atoms with Crippen LogP contribution in [0.25, 0.3) is 99.5 Å². The van der Waals surface area contributed by atoms with Crippen LogP contribution in [0, 0.1) is 0 Å². The molecule has 0 N–H and O–H groups in total. The largest absolute Gasteiger partial charge is 0.246 e. The maximum atomic E-state index is 5.51. The van der Waals surface area contributed by atoms with Crippen LogP contribution in [0.5, 0.6) is 0 Å². The first-order valence-corrected chi connectivity index (χ1v) is 17.6. The fourth-order valence-corrected chi connectivity index (χ4v) is 7.50. The van der Waals surface area contributed by atoms with Crippen molar-refractivity contribution >= 4 is 43.2 Å². The molecule has 0 atom stereocenters. The van der Waals surface area contributed by atoms with Gasteiger partial charge in [0.2, 0.25) is 0 Å². The Morgan fingerprint density at radius 3 is 1.58 bits per heavy atom. The van der Waals surface area contributed by atoms with E-state index < -0.39 is 0 Å². The van der Waals surface area contributed by atoms with E-state index in [9.17, 15) is 0 Å². The zero-order valence-electron chi connectivity index (χ0n) is 28.2. The fourth-order valence-electron chi connectivity index (χ4n) is 7.50. The van der Waals surface area contributed by atoms with Gasteiger partial charge in [-0.25, -0.2) is 15.0 Å². The molecular formula is C49H31N3. The maximum Gasteiger partial charge on any atom is 0.160 e. The number of nitrogens with zero attached hydrogens (tertiary/aromatic N) is 3. The van der Waals surface area contributed by atoms with Gasteiger partial charge in [0.25, 0.3) is 0 Å². The molecule has 2 heterocycles. The summed E-state index contributed by atoms with van der Waals surface area (Å²) in [7, 11) is 0. The second-order valence-electron chi connectivity index (χ2n) is 13.2. The van der Waals surface area contributed by atoms with Crippen LogP contribution in [0.15, 0.2) is 188 Å². The number of para-hydroxylation sites is 1. The van der Waals surface area contributed by atoms with Gasteiger partial charge >= 0.3 is 0 Å². The lowest BCUT2D eigenvalue weighted by molar-refractivity contribution is 1.19. The Kier molecular flexibility index (Phi) is 7.14. The molecule has 0 aliphatic rings. The highest BCUT2D eigenvalue weighted by Gasteiger charge is 2.19. The van der Waals surface area contributed by atoms with Crippen LogP contribution in [0.1, 0.15) is 0 Å². The lowest BCUT2D eigenvalue weighted by Crippen LogP contribution is -1.98. The van der Waals surface area contributed by atoms with Crippen LogP contribution in [0.2, 0.25) is 0 Å². The van der Waals surface area contributed by atoms with Gasteiger partial charge in [0.15, 0.2) is 5.82 Å². The smallest absolute Gasteiger partial charge is 0.160 e. The van der Waals surface area contributed by atoms with Gasteiger partial charge in [0.05, 0.1) is 22.6 Å². The van der Waals surface area contributed by atoms with Gasteiger partial charge in [-0.15, -0.1) is 0 Å². The van der Waals surface area contributed by atoms with Gasteiger partial charge in [0.1, 0.15) is 0 Å². The molecule has 0 radical (unpaired) electrons. The van der Waals surface area contributed by atoms with Crippen molar-refractivity contribution in [1.82, 2.24) is 15.0 Å². The van der Waals surface area contributed by atoms with Crippen molar-refractivity contribution in [2.45, 2.75) is 0 Å². The molecule has 0 amide bonds. The molecule has 0 saturated carbocycles. The molecule has 8 aromatic carbocycles. The zero-order valence-corrected chi connectivity index (χ0v) is 28.2. The van der Waals surface area contributed by atoms with Crippen molar-refractivity contribution in [2.24, 2.45) is 0 Å². The minimum absolute atomic E-state index is 0.678. The minimum atomic E-state index is 0.678. The molecule has 0 aliphatic carbocycles. The second-order valence-corrected chi connectivity index (χ2v) is 13.2. The Balaban J connectivity index is 1.28. The first kappa shape index (κ1) is 29.9. The van der Waals surface area contributed by atoms with E-state index in [1.165, 1.54) is 32.7 Å². The van der Waals surface area contributed by atoms with Gasteiger partial charge in [-0.05, 0) is 50.9 Å². The van der Waals surface area contributed by atoms with Gasteiger partial charge in [-0.2, -0.15) is 0 Å². The van der Waals surface area contributed by atoms with Crippen molar-refractivity contribution in [3.63, 3.8) is 0 Å². The SMILES string of the molecule is c1ccc(-c2nc3c(-c4cc(-c5ccc6ccccc6c5)nc(-c5ccc6ccccc6c5)n4)cccc3c3c(-c4ccccc4)cccc23)cc1. The standard InChI is InChI=1S/C49H31N3/c1-3-15-34(16-4-1)40-21-11-23-42-46(40)43-24-12-22-41(48(43)52-47(42)35-17-5-2-6-18-35)45-31-44(38-27-25-32-13-7-9-19-36(32)29-38)50-49(51-45)39-28-26-33-14-8-10-20-37(33)30-39/h1-31H. The molecule has 52 heavy (non-hydrogen) atoms. The van der Waals surface area contributed by atoms with Crippen LogP contribution in [-0.4, -0.2) is 15.0 Å². The number of hydrogen-bond donors (Lipinski definition) is 0. The van der Waals surface area contributed by atoms with Gasteiger partial charge in [-0.1, -0.05) is 170 Å². The highest BCUT2D eigenvalue weighted by Crippen LogP contribution is 2.41. The molecule has 0 aliphatic heterocycles. The Morgan fingerprint density at radius 1 is 0.308 bits per heavy atom. The molecule has 0 unspecified atom stereocenters. The molecule has 0 fully saturated rings. The molecule has 3 nitrogen and oxygen atoms in total. The Labute approximate surface area is 301 Å². The highest BCUT2D eigenvalue weighted by atomic mass is 14.9. The maximum absolute atomic E-state index is 5.51. The van der Waals surface area contributed by atoms with Crippen molar-refractivity contribution in [2.75, 3.05) is 0 Å². The summed E-state index contributed by atoms with van der Waals surface area (Å²) in [5, 5.41) is 8.09.